The van der Waals surface area contributed by atoms with E-state index in [-0.39, 0.29) is 0 Å². The van der Waals surface area contributed by atoms with Gasteiger partial charge in [-0.3, -0.25) is 0 Å². The average molecular weight is 135 g/mol. The van der Waals surface area contributed by atoms with Gasteiger partial charge in [-0.05, 0) is 19.0 Å². The fourth-order valence-corrected chi connectivity index (χ4v) is 0.959. The van der Waals surface area contributed by atoms with Gasteiger partial charge in [0.05, 0.1) is 0 Å². The summed E-state index contributed by atoms with van der Waals surface area (Å²) in [5.74, 6) is 0. The summed E-state index contributed by atoms with van der Waals surface area (Å²) in [4.78, 5) is 0. The summed E-state index contributed by atoms with van der Waals surface area (Å²) in [6.45, 7) is 0.970. The van der Waals surface area contributed by atoms with Gasteiger partial charge >= 0.3 is 0 Å². The third kappa shape index (κ3) is 2.19. The van der Waals surface area contributed by atoms with Crippen LogP contribution in [0, 0.1) is 0 Å². The highest BCUT2D eigenvalue weighted by Crippen LogP contribution is 2.02. The molecule has 0 atom stereocenters. The Balaban J connectivity index is 2.51. The highest BCUT2D eigenvalue weighted by Gasteiger charge is 1.89. The molecule has 1 rings (SSSR count). The first-order chi connectivity index (χ1) is 4.93. The molecule has 0 aliphatic heterocycles. The van der Waals surface area contributed by atoms with Crippen molar-refractivity contribution < 1.29 is 0 Å². The van der Waals surface area contributed by atoms with E-state index in [2.05, 4.69) is 35.7 Å². The quantitative estimate of drug-likeness (QED) is 0.607. The molecule has 0 spiro atoms. The van der Waals surface area contributed by atoms with Gasteiger partial charge in [0.2, 0.25) is 0 Å². The molecule has 0 fully saturated rings. The molecule has 0 radical (unpaired) electrons. The molecule has 0 heterocycles. The normalized spacial score (nSPS) is 16.7. The van der Waals surface area contributed by atoms with Crippen molar-refractivity contribution in [2.75, 3.05) is 13.6 Å². The molecule has 1 nitrogen and oxygen atoms in total. The van der Waals surface area contributed by atoms with Crippen LogP contribution in [0.4, 0.5) is 0 Å². The number of allylic oxidation sites excluding steroid dienone is 4. The summed E-state index contributed by atoms with van der Waals surface area (Å²) in [5.41, 5.74) is 1.37. The molecular formula is C9H13N. The predicted molar refractivity (Wildman–Crippen MR) is 44.9 cm³/mol. The Hall–Kier alpha value is -0.820. The zero-order valence-corrected chi connectivity index (χ0v) is 6.30. The molecule has 0 saturated heterocycles. The molecule has 0 bridgehead atoms. The third-order valence-electron chi connectivity index (χ3n) is 1.45. The number of hydrogen-bond donors (Lipinski definition) is 1. The molecule has 1 N–H and O–H groups in total. The van der Waals surface area contributed by atoms with Crippen LogP contribution in [0.3, 0.4) is 0 Å². The summed E-state index contributed by atoms with van der Waals surface area (Å²) in [6.07, 6.45) is 11.7. The van der Waals surface area contributed by atoms with Gasteiger partial charge < -0.3 is 5.32 Å². The fourth-order valence-electron chi connectivity index (χ4n) is 0.959. The molecule has 0 unspecified atom stereocenters. The van der Waals surface area contributed by atoms with Gasteiger partial charge in [-0.15, -0.1) is 0 Å². The van der Waals surface area contributed by atoms with E-state index in [9.17, 15) is 0 Å². The summed E-state index contributed by atoms with van der Waals surface area (Å²) in [5, 5.41) is 3.12. The first kappa shape index (κ1) is 7.29. The van der Waals surface area contributed by atoms with Crippen molar-refractivity contribution in [3.05, 3.63) is 36.0 Å². The van der Waals surface area contributed by atoms with E-state index in [1.165, 1.54) is 5.57 Å². The number of likely N-dealkylation sites (N-methyl/N-ethyl adjacent to an activating group) is 1. The summed E-state index contributed by atoms with van der Waals surface area (Å²) >= 11 is 0. The molecule has 1 aliphatic rings. The third-order valence-corrected chi connectivity index (χ3v) is 1.45. The van der Waals surface area contributed by atoms with Crippen LogP contribution in [0.15, 0.2) is 36.0 Å². The van der Waals surface area contributed by atoms with Gasteiger partial charge in [-0.1, -0.05) is 30.4 Å². The van der Waals surface area contributed by atoms with Crippen LogP contribution in [-0.4, -0.2) is 13.6 Å². The van der Waals surface area contributed by atoms with Crippen LogP contribution in [0.25, 0.3) is 0 Å². The Morgan fingerprint density at radius 2 is 2.40 bits per heavy atom. The lowest BCUT2D eigenvalue weighted by Gasteiger charge is -1.97. The van der Waals surface area contributed by atoms with E-state index in [0.29, 0.717) is 0 Å². The topological polar surface area (TPSA) is 12.0 Å². The lowest BCUT2D eigenvalue weighted by Crippen LogP contribution is -2.08. The van der Waals surface area contributed by atoms with E-state index < -0.39 is 0 Å². The minimum Gasteiger partial charge on any atom is -0.316 e. The minimum atomic E-state index is 0.970. The maximum atomic E-state index is 3.12. The molecule has 0 saturated carbocycles. The molecule has 0 aromatic carbocycles. The largest absolute Gasteiger partial charge is 0.316 e. The van der Waals surface area contributed by atoms with Crippen molar-refractivity contribution >= 4 is 0 Å². The van der Waals surface area contributed by atoms with E-state index in [1.807, 2.05) is 7.05 Å². The zero-order chi connectivity index (χ0) is 7.23. The molecule has 0 aromatic rings. The Morgan fingerprint density at radius 1 is 1.50 bits per heavy atom. The number of nitrogens with one attached hydrogen (secondary N) is 1. The fraction of sp³-hybridized carbons (Fsp3) is 0.333. The maximum absolute atomic E-state index is 3.12. The highest BCUT2D eigenvalue weighted by molar-refractivity contribution is 5.27. The Kier molecular flexibility index (Phi) is 2.97. The van der Waals surface area contributed by atoms with Gasteiger partial charge in [0.1, 0.15) is 0 Å². The first-order valence-electron chi connectivity index (χ1n) is 3.60. The van der Waals surface area contributed by atoms with Crippen molar-refractivity contribution in [1.29, 1.82) is 0 Å². The van der Waals surface area contributed by atoms with Crippen LogP contribution in [0.1, 0.15) is 6.42 Å². The SMILES string of the molecule is CNCC1=CCC=CC=C1. The standard InChI is InChI=1S/C9H13N/c1-10-8-9-6-4-2-3-5-7-9/h2-4,6-7,10H,5,8H2,1H3. The average Bonchev–Trinajstić information content (AvgIpc) is 2.17. The summed E-state index contributed by atoms with van der Waals surface area (Å²) in [6, 6.07) is 0. The second kappa shape index (κ2) is 4.07. The zero-order valence-electron chi connectivity index (χ0n) is 6.30. The van der Waals surface area contributed by atoms with Crippen LogP contribution in [-0.2, 0) is 0 Å². The van der Waals surface area contributed by atoms with Gasteiger partial charge in [0.15, 0.2) is 0 Å². The van der Waals surface area contributed by atoms with Crippen molar-refractivity contribution in [3.8, 4) is 0 Å². The molecule has 0 amide bonds. The van der Waals surface area contributed by atoms with E-state index in [1.54, 1.807) is 0 Å². The van der Waals surface area contributed by atoms with Crippen LogP contribution in [0.2, 0.25) is 0 Å². The lowest BCUT2D eigenvalue weighted by molar-refractivity contribution is 0.892. The molecule has 54 valence electrons. The second-order valence-corrected chi connectivity index (χ2v) is 2.33. The molecule has 0 aromatic heterocycles. The molecule has 10 heavy (non-hydrogen) atoms. The Morgan fingerprint density at radius 3 is 3.20 bits per heavy atom. The van der Waals surface area contributed by atoms with Crippen LogP contribution in [0.5, 0.6) is 0 Å². The van der Waals surface area contributed by atoms with Crippen LogP contribution < -0.4 is 5.32 Å². The Bertz CT molecular complexity index is 175. The summed E-state index contributed by atoms with van der Waals surface area (Å²) in [7, 11) is 1.97. The van der Waals surface area contributed by atoms with Gasteiger partial charge in [0.25, 0.3) is 0 Å². The molecular weight excluding hydrogens is 122 g/mol. The lowest BCUT2D eigenvalue weighted by atomic mass is 10.2. The molecule has 1 heteroatoms. The van der Waals surface area contributed by atoms with Crippen LogP contribution >= 0.6 is 0 Å². The smallest absolute Gasteiger partial charge is 0.0199 e. The number of hydrogen-bond acceptors (Lipinski definition) is 1. The first-order valence-corrected chi connectivity index (χ1v) is 3.60. The van der Waals surface area contributed by atoms with E-state index in [0.717, 1.165) is 13.0 Å². The van der Waals surface area contributed by atoms with Crippen molar-refractivity contribution in [2.45, 2.75) is 6.42 Å². The predicted octanol–water partition coefficient (Wildman–Crippen LogP) is 1.65. The monoisotopic (exact) mass is 135 g/mol. The van der Waals surface area contributed by atoms with E-state index >= 15 is 0 Å². The second-order valence-electron chi connectivity index (χ2n) is 2.33. The minimum absolute atomic E-state index is 0.970. The van der Waals surface area contributed by atoms with Crippen molar-refractivity contribution in [2.24, 2.45) is 0 Å². The van der Waals surface area contributed by atoms with Crippen molar-refractivity contribution in [1.82, 2.24) is 5.32 Å². The van der Waals surface area contributed by atoms with Gasteiger partial charge in [0, 0.05) is 6.54 Å². The molecule has 1 aliphatic carbocycles. The van der Waals surface area contributed by atoms with Gasteiger partial charge in [-0.25, -0.2) is 0 Å². The van der Waals surface area contributed by atoms with E-state index in [4.69, 9.17) is 0 Å². The maximum Gasteiger partial charge on any atom is 0.0199 e. The van der Waals surface area contributed by atoms with Gasteiger partial charge in [-0.2, -0.15) is 0 Å². The Labute approximate surface area is 62.1 Å². The highest BCUT2D eigenvalue weighted by atomic mass is 14.8. The van der Waals surface area contributed by atoms with Crippen molar-refractivity contribution in [3.63, 3.8) is 0 Å². The summed E-state index contributed by atoms with van der Waals surface area (Å²) < 4.78 is 0. The number of rotatable bonds is 2.